The minimum atomic E-state index is 0.528. The fourth-order valence-electron chi connectivity index (χ4n) is 2.35. The molecule has 0 saturated heterocycles. The van der Waals surface area contributed by atoms with Gasteiger partial charge in [-0.05, 0) is 31.1 Å². The van der Waals surface area contributed by atoms with Crippen LogP contribution < -0.4 is 5.32 Å². The molecule has 0 heterocycles. The van der Waals surface area contributed by atoms with E-state index in [1.807, 2.05) is 7.11 Å². The van der Waals surface area contributed by atoms with Crippen LogP contribution in [0.1, 0.15) is 39.5 Å². The van der Waals surface area contributed by atoms with Gasteiger partial charge in [-0.2, -0.15) is 0 Å². The fraction of sp³-hybridized carbons (Fsp3) is 1.00. The van der Waals surface area contributed by atoms with Crippen molar-refractivity contribution in [1.82, 2.24) is 5.32 Å². The highest BCUT2D eigenvalue weighted by Crippen LogP contribution is 2.41. The first-order chi connectivity index (χ1) is 6.12. The molecule has 0 bridgehead atoms. The summed E-state index contributed by atoms with van der Waals surface area (Å²) in [6, 6.07) is 1.49. The van der Waals surface area contributed by atoms with Crippen LogP contribution in [0, 0.1) is 5.41 Å². The molecule has 2 fully saturated rings. The van der Waals surface area contributed by atoms with Gasteiger partial charge >= 0.3 is 0 Å². The summed E-state index contributed by atoms with van der Waals surface area (Å²) in [4.78, 5) is 0. The number of rotatable bonds is 3. The Hall–Kier alpha value is -0.0800. The van der Waals surface area contributed by atoms with E-state index in [-0.39, 0.29) is 0 Å². The van der Waals surface area contributed by atoms with Crippen molar-refractivity contribution in [3.8, 4) is 0 Å². The second-order valence-electron chi connectivity index (χ2n) is 5.27. The largest absolute Gasteiger partial charge is 0.381 e. The lowest BCUT2D eigenvalue weighted by Crippen LogP contribution is -2.57. The Bertz CT molecular complexity index is 185. The van der Waals surface area contributed by atoms with Gasteiger partial charge in [0.15, 0.2) is 0 Å². The van der Waals surface area contributed by atoms with E-state index in [9.17, 15) is 0 Å². The molecule has 0 aromatic carbocycles. The average molecular weight is 183 g/mol. The van der Waals surface area contributed by atoms with Gasteiger partial charge < -0.3 is 10.1 Å². The van der Waals surface area contributed by atoms with E-state index in [1.165, 1.54) is 25.7 Å². The van der Waals surface area contributed by atoms with Gasteiger partial charge in [0.05, 0.1) is 6.10 Å². The number of nitrogens with one attached hydrogen (secondary N) is 1. The van der Waals surface area contributed by atoms with Gasteiger partial charge in [-0.25, -0.2) is 0 Å². The topological polar surface area (TPSA) is 21.3 Å². The van der Waals surface area contributed by atoms with Crippen LogP contribution in [0.15, 0.2) is 0 Å². The summed E-state index contributed by atoms with van der Waals surface area (Å²) in [5.74, 6) is 0. The van der Waals surface area contributed by atoms with Crippen LogP contribution in [-0.4, -0.2) is 25.3 Å². The van der Waals surface area contributed by atoms with Gasteiger partial charge in [0, 0.05) is 19.2 Å². The molecule has 2 aliphatic rings. The highest BCUT2D eigenvalue weighted by Gasteiger charge is 2.41. The minimum Gasteiger partial charge on any atom is -0.381 e. The molecule has 13 heavy (non-hydrogen) atoms. The summed E-state index contributed by atoms with van der Waals surface area (Å²) in [6.45, 7) is 4.72. The minimum absolute atomic E-state index is 0.528. The first kappa shape index (κ1) is 9.47. The number of ether oxygens (including phenoxy) is 1. The van der Waals surface area contributed by atoms with E-state index < -0.39 is 0 Å². The summed E-state index contributed by atoms with van der Waals surface area (Å²) < 4.78 is 5.26. The SMILES string of the molecule is COC1CC(NC2CCC2(C)C)C1. The van der Waals surface area contributed by atoms with Crippen molar-refractivity contribution in [2.75, 3.05) is 7.11 Å². The predicted octanol–water partition coefficient (Wildman–Crippen LogP) is 1.94. The highest BCUT2D eigenvalue weighted by atomic mass is 16.5. The Morgan fingerprint density at radius 1 is 1.31 bits per heavy atom. The average Bonchev–Trinajstić information content (AvgIpc) is 2.00. The molecule has 0 radical (unpaired) electrons. The van der Waals surface area contributed by atoms with E-state index in [0.717, 1.165) is 12.1 Å². The molecule has 2 rings (SSSR count). The molecule has 2 saturated carbocycles. The molecule has 2 heteroatoms. The van der Waals surface area contributed by atoms with Crippen molar-refractivity contribution in [1.29, 1.82) is 0 Å². The van der Waals surface area contributed by atoms with Crippen molar-refractivity contribution in [3.63, 3.8) is 0 Å². The maximum atomic E-state index is 5.26. The van der Waals surface area contributed by atoms with E-state index in [1.54, 1.807) is 0 Å². The zero-order chi connectivity index (χ0) is 9.47. The maximum absolute atomic E-state index is 5.26. The lowest BCUT2D eigenvalue weighted by Gasteiger charge is -2.49. The lowest BCUT2D eigenvalue weighted by atomic mass is 9.66. The molecule has 2 nitrogen and oxygen atoms in total. The number of hydrogen-bond donors (Lipinski definition) is 1. The van der Waals surface area contributed by atoms with Crippen molar-refractivity contribution >= 4 is 0 Å². The second kappa shape index (κ2) is 3.25. The van der Waals surface area contributed by atoms with Gasteiger partial charge in [0.25, 0.3) is 0 Å². The fourth-order valence-corrected chi connectivity index (χ4v) is 2.35. The molecule has 2 aliphatic carbocycles. The molecule has 1 N–H and O–H groups in total. The van der Waals surface area contributed by atoms with Crippen LogP contribution in [-0.2, 0) is 4.74 Å². The predicted molar refractivity (Wildman–Crippen MR) is 53.8 cm³/mol. The van der Waals surface area contributed by atoms with Gasteiger partial charge in [0.2, 0.25) is 0 Å². The quantitative estimate of drug-likeness (QED) is 0.722. The summed E-state index contributed by atoms with van der Waals surface area (Å²) in [5.41, 5.74) is 0.540. The van der Waals surface area contributed by atoms with Crippen LogP contribution >= 0.6 is 0 Å². The van der Waals surface area contributed by atoms with Crippen LogP contribution in [0.5, 0.6) is 0 Å². The third-order valence-corrected chi connectivity index (χ3v) is 3.89. The molecule has 0 aromatic heterocycles. The summed E-state index contributed by atoms with van der Waals surface area (Å²) in [6.07, 6.45) is 5.69. The van der Waals surface area contributed by atoms with Crippen LogP contribution in [0.3, 0.4) is 0 Å². The maximum Gasteiger partial charge on any atom is 0.0601 e. The number of hydrogen-bond acceptors (Lipinski definition) is 2. The van der Waals surface area contributed by atoms with Crippen LogP contribution in [0.4, 0.5) is 0 Å². The lowest BCUT2D eigenvalue weighted by molar-refractivity contribution is -0.00427. The third-order valence-electron chi connectivity index (χ3n) is 3.89. The Morgan fingerprint density at radius 3 is 2.38 bits per heavy atom. The molecule has 0 aliphatic heterocycles. The first-order valence-corrected chi connectivity index (χ1v) is 5.40. The standard InChI is InChI=1S/C11H21NO/c1-11(2)5-4-10(11)12-8-6-9(7-8)13-3/h8-10,12H,4-7H2,1-3H3. The van der Waals surface area contributed by atoms with Gasteiger partial charge in [-0.1, -0.05) is 13.8 Å². The zero-order valence-electron chi connectivity index (χ0n) is 8.97. The summed E-state index contributed by atoms with van der Waals surface area (Å²) in [7, 11) is 1.81. The molecular formula is C11H21NO. The van der Waals surface area contributed by atoms with Gasteiger partial charge in [0.1, 0.15) is 0 Å². The van der Waals surface area contributed by atoms with Gasteiger partial charge in [-0.15, -0.1) is 0 Å². The summed E-state index contributed by atoms with van der Waals surface area (Å²) >= 11 is 0. The molecular weight excluding hydrogens is 162 g/mol. The van der Waals surface area contributed by atoms with E-state index >= 15 is 0 Å². The Balaban J connectivity index is 1.69. The highest BCUT2D eigenvalue weighted by molar-refractivity contribution is 4.98. The molecule has 0 amide bonds. The monoisotopic (exact) mass is 183 g/mol. The Kier molecular flexibility index (Phi) is 2.37. The first-order valence-electron chi connectivity index (χ1n) is 5.40. The van der Waals surface area contributed by atoms with Crippen LogP contribution in [0.25, 0.3) is 0 Å². The van der Waals surface area contributed by atoms with E-state index in [4.69, 9.17) is 4.74 Å². The van der Waals surface area contributed by atoms with Crippen molar-refractivity contribution in [2.24, 2.45) is 5.41 Å². The van der Waals surface area contributed by atoms with Crippen molar-refractivity contribution in [2.45, 2.75) is 57.7 Å². The Morgan fingerprint density at radius 2 is 2.00 bits per heavy atom. The van der Waals surface area contributed by atoms with Crippen molar-refractivity contribution < 1.29 is 4.74 Å². The smallest absolute Gasteiger partial charge is 0.0601 e. The number of methoxy groups -OCH3 is 1. The second-order valence-corrected chi connectivity index (χ2v) is 5.27. The van der Waals surface area contributed by atoms with Crippen molar-refractivity contribution in [3.05, 3.63) is 0 Å². The normalized spacial score (nSPS) is 42.2. The Labute approximate surface area is 81.0 Å². The third kappa shape index (κ3) is 1.75. The molecule has 0 aromatic rings. The van der Waals surface area contributed by atoms with E-state index in [0.29, 0.717) is 11.5 Å². The molecule has 1 atom stereocenters. The van der Waals surface area contributed by atoms with Crippen LogP contribution in [0.2, 0.25) is 0 Å². The summed E-state index contributed by atoms with van der Waals surface area (Å²) in [5, 5.41) is 3.73. The molecule has 0 spiro atoms. The molecule has 76 valence electrons. The van der Waals surface area contributed by atoms with E-state index in [2.05, 4.69) is 19.2 Å². The zero-order valence-corrected chi connectivity index (χ0v) is 8.97. The van der Waals surface area contributed by atoms with Gasteiger partial charge in [-0.3, -0.25) is 0 Å². The molecule has 1 unspecified atom stereocenters.